The zero-order chi connectivity index (χ0) is 19.5. The number of benzene rings is 2. The number of hydrogen-bond donors (Lipinski definition) is 1. The molecule has 7 heteroatoms. The molecule has 1 heterocycles. The first kappa shape index (κ1) is 18.3. The van der Waals surface area contributed by atoms with Gasteiger partial charge in [0.2, 0.25) is 0 Å². The number of amides is 2. The Labute approximate surface area is 163 Å². The number of carbonyl (C=O) groups excluding carboxylic acids is 2. The highest BCUT2D eigenvalue weighted by molar-refractivity contribution is 5.76. The van der Waals surface area contributed by atoms with Crippen LogP contribution in [0.2, 0.25) is 0 Å². The number of rotatable bonds is 4. The van der Waals surface area contributed by atoms with Crippen LogP contribution in [0.3, 0.4) is 0 Å². The first-order valence-corrected chi connectivity index (χ1v) is 9.31. The average Bonchev–Trinajstić information content (AvgIpc) is 3.29. The Morgan fingerprint density at radius 2 is 1.32 bits per heavy atom. The molecule has 1 unspecified atom stereocenters. The Bertz CT molecular complexity index is 829. The van der Waals surface area contributed by atoms with Gasteiger partial charge in [0.25, 0.3) is 0 Å². The van der Waals surface area contributed by atoms with Gasteiger partial charge < -0.3 is 14.6 Å². The van der Waals surface area contributed by atoms with Gasteiger partial charge in [-0.2, -0.15) is 0 Å². The van der Waals surface area contributed by atoms with E-state index in [1.165, 1.54) is 10.0 Å². The minimum Gasteiger partial charge on any atom is -0.443 e. The highest BCUT2D eigenvalue weighted by Gasteiger charge is 2.55. The summed E-state index contributed by atoms with van der Waals surface area (Å²) in [6.07, 6.45) is -1.01. The predicted octanol–water partition coefficient (Wildman–Crippen LogP) is 3.08. The molecule has 1 aliphatic heterocycles. The Morgan fingerprint density at radius 1 is 0.821 bits per heavy atom. The smallest absolute Gasteiger partial charge is 0.429 e. The van der Waals surface area contributed by atoms with E-state index >= 15 is 0 Å². The molecule has 28 heavy (non-hydrogen) atoms. The van der Waals surface area contributed by atoms with E-state index in [4.69, 9.17) is 9.47 Å². The van der Waals surface area contributed by atoms with Crippen molar-refractivity contribution in [1.29, 1.82) is 0 Å². The van der Waals surface area contributed by atoms with Crippen LogP contribution in [0.1, 0.15) is 24.0 Å². The zero-order valence-corrected chi connectivity index (χ0v) is 15.3. The van der Waals surface area contributed by atoms with E-state index in [1.807, 2.05) is 60.7 Å². The van der Waals surface area contributed by atoms with Crippen molar-refractivity contribution in [3.63, 3.8) is 0 Å². The minimum absolute atomic E-state index is 0.0938. The van der Waals surface area contributed by atoms with Gasteiger partial charge in [0.15, 0.2) is 0 Å². The number of aliphatic hydroxyl groups is 1. The molecule has 1 aliphatic carbocycles. The van der Waals surface area contributed by atoms with Crippen LogP contribution in [0.25, 0.3) is 0 Å². The van der Waals surface area contributed by atoms with Crippen molar-refractivity contribution in [3.05, 3.63) is 71.8 Å². The molecule has 2 aromatic rings. The van der Waals surface area contributed by atoms with E-state index < -0.39 is 24.3 Å². The van der Waals surface area contributed by atoms with Gasteiger partial charge in [-0.05, 0) is 24.0 Å². The number of hydrogen-bond acceptors (Lipinski definition) is 5. The first-order chi connectivity index (χ1) is 13.6. The van der Waals surface area contributed by atoms with Gasteiger partial charge in [-0.1, -0.05) is 60.7 Å². The van der Waals surface area contributed by atoms with Crippen molar-refractivity contribution in [2.75, 3.05) is 0 Å². The molecule has 3 atom stereocenters. The van der Waals surface area contributed by atoms with Crippen LogP contribution >= 0.6 is 0 Å². The van der Waals surface area contributed by atoms with Gasteiger partial charge in [0.05, 0.1) is 18.2 Å². The molecule has 1 saturated carbocycles. The van der Waals surface area contributed by atoms with Crippen molar-refractivity contribution in [1.82, 2.24) is 10.0 Å². The fraction of sp³-hybridized carbons (Fsp3) is 0.333. The SMILES string of the molecule is O=C(OCc1ccccc1)N1[C@@H]2CC(O)[C@@H](C2)N1C(=O)OCc1ccccc1. The molecule has 2 fully saturated rings. The number of carbonyl (C=O) groups is 2. The first-order valence-electron chi connectivity index (χ1n) is 9.31. The number of fused-ring (bicyclic) bond motifs is 2. The van der Waals surface area contributed by atoms with Crippen molar-refractivity contribution < 1.29 is 24.2 Å². The van der Waals surface area contributed by atoms with Gasteiger partial charge in [-0.25, -0.2) is 19.6 Å². The number of nitrogens with zero attached hydrogens (tertiary/aromatic N) is 2. The lowest BCUT2D eigenvalue weighted by atomic mass is 10.2. The van der Waals surface area contributed by atoms with Crippen LogP contribution in [-0.4, -0.2) is 45.5 Å². The minimum atomic E-state index is -0.674. The van der Waals surface area contributed by atoms with Gasteiger partial charge in [0, 0.05) is 0 Å². The van der Waals surface area contributed by atoms with Gasteiger partial charge in [0.1, 0.15) is 13.2 Å². The molecule has 4 rings (SSSR count). The molecule has 2 bridgehead atoms. The van der Waals surface area contributed by atoms with Crippen LogP contribution in [0.4, 0.5) is 9.59 Å². The summed E-state index contributed by atoms with van der Waals surface area (Å²) in [7, 11) is 0. The third-order valence-corrected chi connectivity index (χ3v) is 5.15. The highest BCUT2D eigenvalue weighted by Crippen LogP contribution is 2.39. The standard InChI is InChI=1S/C21H22N2O5/c24-19-12-17-11-18(19)23(21(26)28-14-16-9-5-2-6-10-16)22(17)20(25)27-13-15-7-3-1-4-8-15/h1-10,17-19,24H,11-14H2/t17-,18+,19?/m0/s1. The second kappa shape index (κ2) is 7.90. The highest BCUT2D eigenvalue weighted by atomic mass is 16.6. The predicted molar refractivity (Wildman–Crippen MR) is 99.7 cm³/mol. The number of ether oxygens (including phenoxy) is 2. The van der Waals surface area contributed by atoms with Crippen molar-refractivity contribution in [3.8, 4) is 0 Å². The quantitative estimate of drug-likeness (QED) is 0.879. The molecular formula is C21H22N2O5. The monoisotopic (exact) mass is 382 g/mol. The second-order valence-electron chi connectivity index (χ2n) is 7.03. The molecule has 146 valence electrons. The van der Waals surface area contributed by atoms with Gasteiger partial charge in [-0.3, -0.25) is 0 Å². The van der Waals surface area contributed by atoms with E-state index in [-0.39, 0.29) is 19.3 Å². The summed E-state index contributed by atoms with van der Waals surface area (Å²) in [5, 5.41) is 12.7. The van der Waals surface area contributed by atoms with Crippen molar-refractivity contribution in [2.24, 2.45) is 0 Å². The molecule has 2 aliphatic rings. The average molecular weight is 382 g/mol. The molecule has 1 saturated heterocycles. The summed E-state index contributed by atoms with van der Waals surface area (Å²) in [6.45, 7) is 0.208. The second-order valence-corrected chi connectivity index (χ2v) is 7.03. The third kappa shape index (κ3) is 3.66. The maximum absolute atomic E-state index is 12.7. The van der Waals surface area contributed by atoms with E-state index in [0.29, 0.717) is 12.8 Å². The Hall–Kier alpha value is -3.06. The molecule has 2 aromatic carbocycles. The molecule has 7 nitrogen and oxygen atoms in total. The Morgan fingerprint density at radius 3 is 1.86 bits per heavy atom. The lowest BCUT2D eigenvalue weighted by Crippen LogP contribution is -2.57. The maximum atomic E-state index is 12.7. The summed E-state index contributed by atoms with van der Waals surface area (Å²) in [6, 6.07) is 17.9. The van der Waals surface area contributed by atoms with Gasteiger partial charge in [-0.15, -0.1) is 0 Å². The fourth-order valence-corrected chi connectivity index (χ4v) is 3.80. The molecule has 0 radical (unpaired) electrons. The molecule has 0 aromatic heterocycles. The van der Waals surface area contributed by atoms with E-state index in [0.717, 1.165) is 11.1 Å². The summed E-state index contributed by atoms with van der Waals surface area (Å²) >= 11 is 0. The summed E-state index contributed by atoms with van der Waals surface area (Å²) in [4.78, 5) is 25.4. The van der Waals surface area contributed by atoms with E-state index in [1.54, 1.807) is 0 Å². The topological polar surface area (TPSA) is 79.3 Å². The molecule has 1 N–H and O–H groups in total. The van der Waals surface area contributed by atoms with E-state index in [2.05, 4.69) is 0 Å². The molecule has 0 spiro atoms. The number of aliphatic hydroxyl groups excluding tert-OH is 1. The van der Waals surface area contributed by atoms with Crippen molar-refractivity contribution >= 4 is 12.2 Å². The summed E-state index contributed by atoms with van der Waals surface area (Å²) in [5.41, 5.74) is 1.71. The summed E-state index contributed by atoms with van der Waals surface area (Å²) in [5.74, 6) is 0. The lowest BCUT2D eigenvalue weighted by molar-refractivity contribution is -0.0767. The largest absolute Gasteiger partial charge is 0.443 e. The fourth-order valence-electron chi connectivity index (χ4n) is 3.80. The third-order valence-electron chi connectivity index (χ3n) is 5.15. The van der Waals surface area contributed by atoms with Crippen LogP contribution in [0.15, 0.2) is 60.7 Å². The Kier molecular flexibility index (Phi) is 5.16. The van der Waals surface area contributed by atoms with Crippen LogP contribution < -0.4 is 0 Å². The lowest BCUT2D eigenvalue weighted by Gasteiger charge is -2.38. The zero-order valence-electron chi connectivity index (χ0n) is 15.3. The van der Waals surface area contributed by atoms with Crippen LogP contribution in [0.5, 0.6) is 0 Å². The van der Waals surface area contributed by atoms with Gasteiger partial charge >= 0.3 is 12.2 Å². The number of hydrazine groups is 1. The van der Waals surface area contributed by atoms with E-state index in [9.17, 15) is 14.7 Å². The molecular weight excluding hydrogens is 360 g/mol. The summed E-state index contributed by atoms with van der Waals surface area (Å²) < 4.78 is 10.8. The maximum Gasteiger partial charge on any atom is 0.429 e. The Balaban J connectivity index is 1.42. The molecule has 2 amide bonds. The van der Waals surface area contributed by atoms with Crippen molar-refractivity contribution in [2.45, 2.75) is 44.2 Å². The van der Waals surface area contributed by atoms with Crippen LogP contribution in [0, 0.1) is 0 Å². The van der Waals surface area contributed by atoms with Crippen LogP contribution in [-0.2, 0) is 22.7 Å². The normalized spacial score (nSPS) is 23.0.